The lowest BCUT2D eigenvalue weighted by atomic mass is 10.0. The van der Waals surface area contributed by atoms with Crippen LogP contribution >= 0.6 is 0 Å². The van der Waals surface area contributed by atoms with Crippen LogP contribution in [0.3, 0.4) is 0 Å². The summed E-state index contributed by atoms with van der Waals surface area (Å²) in [6, 6.07) is 3.86. The van der Waals surface area contributed by atoms with E-state index in [9.17, 15) is 19.7 Å². The largest absolute Gasteiger partial charge is 0.450 e. The number of nitrogens with two attached hydrogens (primary N) is 1. The van der Waals surface area contributed by atoms with Gasteiger partial charge in [0.25, 0.3) is 11.6 Å². The SMILES string of the molecule is CCOC(=O)N1CCC(NC(=O)c2ccc(N)c([N+](=O)[O-])c2)CC1. The first kappa shape index (κ1) is 17.5. The monoisotopic (exact) mass is 336 g/mol. The summed E-state index contributed by atoms with van der Waals surface area (Å²) >= 11 is 0. The van der Waals surface area contributed by atoms with E-state index in [2.05, 4.69) is 5.32 Å². The van der Waals surface area contributed by atoms with Gasteiger partial charge in [0.05, 0.1) is 11.5 Å². The van der Waals surface area contributed by atoms with Crippen LogP contribution in [0.5, 0.6) is 0 Å². The van der Waals surface area contributed by atoms with E-state index >= 15 is 0 Å². The molecular weight excluding hydrogens is 316 g/mol. The zero-order valence-corrected chi connectivity index (χ0v) is 13.4. The lowest BCUT2D eigenvalue weighted by Gasteiger charge is -2.31. The molecule has 2 rings (SSSR count). The molecule has 0 spiro atoms. The van der Waals surface area contributed by atoms with Gasteiger partial charge in [0, 0.05) is 30.8 Å². The summed E-state index contributed by atoms with van der Waals surface area (Å²) in [5.41, 5.74) is 5.43. The van der Waals surface area contributed by atoms with Gasteiger partial charge in [-0.1, -0.05) is 0 Å². The van der Waals surface area contributed by atoms with E-state index in [0.717, 1.165) is 0 Å². The molecule has 0 aromatic heterocycles. The highest BCUT2D eigenvalue weighted by molar-refractivity contribution is 5.95. The first-order valence-electron chi connectivity index (χ1n) is 7.68. The highest BCUT2D eigenvalue weighted by atomic mass is 16.6. The van der Waals surface area contributed by atoms with Gasteiger partial charge in [-0.15, -0.1) is 0 Å². The molecular formula is C15H20N4O5. The van der Waals surface area contributed by atoms with E-state index in [-0.39, 0.29) is 29.1 Å². The second kappa shape index (κ2) is 7.62. The van der Waals surface area contributed by atoms with Crippen molar-refractivity contribution in [1.82, 2.24) is 10.2 Å². The summed E-state index contributed by atoms with van der Waals surface area (Å²) in [6.45, 7) is 3.05. The number of nitrogen functional groups attached to an aromatic ring is 1. The predicted molar refractivity (Wildman–Crippen MR) is 86.6 cm³/mol. The van der Waals surface area contributed by atoms with Crippen molar-refractivity contribution < 1.29 is 19.2 Å². The van der Waals surface area contributed by atoms with E-state index in [0.29, 0.717) is 32.5 Å². The fourth-order valence-electron chi connectivity index (χ4n) is 2.53. The fraction of sp³-hybridized carbons (Fsp3) is 0.467. The van der Waals surface area contributed by atoms with Crippen LogP contribution in [0.1, 0.15) is 30.1 Å². The van der Waals surface area contributed by atoms with Gasteiger partial charge in [-0.3, -0.25) is 14.9 Å². The number of likely N-dealkylation sites (tertiary alicyclic amines) is 1. The Morgan fingerprint density at radius 2 is 2.08 bits per heavy atom. The molecule has 1 aromatic rings. The van der Waals surface area contributed by atoms with Crippen LogP contribution in [-0.2, 0) is 4.74 Å². The summed E-state index contributed by atoms with van der Waals surface area (Å²) in [4.78, 5) is 35.7. The molecule has 9 heteroatoms. The van der Waals surface area contributed by atoms with Crippen molar-refractivity contribution in [2.75, 3.05) is 25.4 Å². The third kappa shape index (κ3) is 4.12. The van der Waals surface area contributed by atoms with Crippen LogP contribution in [0, 0.1) is 10.1 Å². The molecule has 0 atom stereocenters. The molecule has 0 aliphatic carbocycles. The Hall–Kier alpha value is -2.84. The van der Waals surface area contributed by atoms with Crippen molar-refractivity contribution in [3.05, 3.63) is 33.9 Å². The van der Waals surface area contributed by atoms with Crippen molar-refractivity contribution >= 4 is 23.4 Å². The van der Waals surface area contributed by atoms with Gasteiger partial charge in [-0.05, 0) is 31.9 Å². The number of benzene rings is 1. The molecule has 1 aliphatic heterocycles. The Balaban J connectivity index is 1.93. The minimum Gasteiger partial charge on any atom is -0.450 e. The molecule has 0 saturated carbocycles. The second-order valence-electron chi connectivity index (χ2n) is 5.46. The van der Waals surface area contributed by atoms with E-state index in [4.69, 9.17) is 10.5 Å². The Kier molecular flexibility index (Phi) is 5.56. The smallest absolute Gasteiger partial charge is 0.409 e. The highest BCUT2D eigenvalue weighted by Crippen LogP contribution is 2.22. The third-order valence-electron chi connectivity index (χ3n) is 3.85. The molecule has 0 radical (unpaired) electrons. The van der Waals surface area contributed by atoms with Crippen LogP contribution in [0.2, 0.25) is 0 Å². The Morgan fingerprint density at radius 1 is 1.42 bits per heavy atom. The van der Waals surface area contributed by atoms with E-state index in [1.54, 1.807) is 11.8 Å². The normalized spacial score (nSPS) is 15.0. The van der Waals surface area contributed by atoms with Gasteiger partial charge in [-0.2, -0.15) is 0 Å². The van der Waals surface area contributed by atoms with Crippen LogP contribution in [0.4, 0.5) is 16.2 Å². The van der Waals surface area contributed by atoms with Gasteiger partial charge in [0.15, 0.2) is 0 Å². The summed E-state index contributed by atoms with van der Waals surface area (Å²) < 4.78 is 4.94. The van der Waals surface area contributed by atoms with Crippen LogP contribution < -0.4 is 11.1 Å². The standard InChI is InChI=1S/C15H20N4O5/c1-2-24-15(21)18-7-5-11(6-8-18)17-14(20)10-3-4-12(16)13(9-10)19(22)23/h3-4,9,11H,2,5-8,16H2,1H3,(H,17,20). The topological polar surface area (TPSA) is 128 Å². The molecule has 1 fully saturated rings. The van der Waals surface area contributed by atoms with Gasteiger partial charge in [-0.25, -0.2) is 4.79 Å². The molecule has 9 nitrogen and oxygen atoms in total. The number of anilines is 1. The number of piperidine rings is 1. The number of nitro benzene ring substituents is 1. The number of nitrogens with zero attached hydrogens (tertiary/aromatic N) is 2. The first-order valence-corrected chi connectivity index (χ1v) is 7.68. The molecule has 1 heterocycles. The number of carbonyl (C=O) groups excluding carboxylic acids is 2. The minimum absolute atomic E-state index is 0.0132. The van der Waals surface area contributed by atoms with Crippen molar-refractivity contribution in [1.29, 1.82) is 0 Å². The fourth-order valence-corrected chi connectivity index (χ4v) is 2.53. The summed E-state index contributed by atoms with van der Waals surface area (Å²) in [5, 5.41) is 13.7. The minimum atomic E-state index is -0.621. The average molecular weight is 336 g/mol. The van der Waals surface area contributed by atoms with Crippen LogP contribution in [-0.4, -0.2) is 47.6 Å². The quantitative estimate of drug-likeness (QED) is 0.487. The summed E-state index contributed by atoms with van der Waals surface area (Å²) in [5.74, 6) is -0.396. The van der Waals surface area contributed by atoms with Gasteiger partial charge in [0.1, 0.15) is 5.69 Å². The summed E-state index contributed by atoms with van der Waals surface area (Å²) in [6.07, 6.45) is 0.847. The van der Waals surface area contributed by atoms with E-state index in [1.165, 1.54) is 18.2 Å². The number of hydrogen-bond donors (Lipinski definition) is 2. The Morgan fingerprint density at radius 3 is 2.67 bits per heavy atom. The van der Waals surface area contributed by atoms with Crippen LogP contribution in [0.25, 0.3) is 0 Å². The van der Waals surface area contributed by atoms with Crippen LogP contribution in [0.15, 0.2) is 18.2 Å². The van der Waals surface area contributed by atoms with Crippen molar-refractivity contribution in [2.45, 2.75) is 25.8 Å². The number of rotatable bonds is 4. The highest BCUT2D eigenvalue weighted by Gasteiger charge is 2.25. The molecule has 1 aliphatic rings. The maximum atomic E-state index is 12.2. The zero-order valence-electron chi connectivity index (χ0n) is 13.4. The number of nitro groups is 1. The second-order valence-corrected chi connectivity index (χ2v) is 5.46. The lowest BCUT2D eigenvalue weighted by Crippen LogP contribution is -2.46. The maximum absolute atomic E-state index is 12.2. The predicted octanol–water partition coefficient (Wildman–Crippen LogP) is 1.53. The van der Waals surface area contributed by atoms with Crippen molar-refractivity contribution in [3.63, 3.8) is 0 Å². The van der Waals surface area contributed by atoms with Crippen molar-refractivity contribution in [3.8, 4) is 0 Å². The Labute approximate surface area is 138 Å². The van der Waals surface area contributed by atoms with Gasteiger partial charge in [0.2, 0.25) is 0 Å². The van der Waals surface area contributed by atoms with Crippen molar-refractivity contribution in [2.24, 2.45) is 0 Å². The Bertz CT molecular complexity index is 641. The van der Waals surface area contributed by atoms with Gasteiger partial charge >= 0.3 is 6.09 Å². The number of ether oxygens (including phenoxy) is 1. The average Bonchev–Trinajstić information content (AvgIpc) is 2.55. The zero-order chi connectivity index (χ0) is 17.7. The molecule has 1 saturated heterocycles. The molecule has 24 heavy (non-hydrogen) atoms. The first-order chi connectivity index (χ1) is 11.4. The lowest BCUT2D eigenvalue weighted by molar-refractivity contribution is -0.383. The molecule has 0 bridgehead atoms. The molecule has 0 unspecified atom stereocenters. The molecule has 130 valence electrons. The number of carbonyl (C=O) groups is 2. The number of amides is 2. The number of nitrogens with one attached hydrogen (secondary N) is 1. The number of hydrogen-bond acceptors (Lipinski definition) is 6. The molecule has 3 N–H and O–H groups in total. The van der Waals surface area contributed by atoms with E-state index < -0.39 is 10.8 Å². The summed E-state index contributed by atoms with van der Waals surface area (Å²) in [7, 11) is 0. The van der Waals surface area contributed by atoms with E-state index in [1.807, 2.05) is 0 Å². The molecule has 1 aromatic carbocycles. The third-order valence-corrected chi connectivity index (χ3v) is 3.85. The maximum Gasteiger partial charge on any atom is 0.409 e. The molecule has 2 amide bonds. The van der Waals surface area contributed by atoms with Gasteiger partial charge < -0.3 is 20.7 Å².